The third-order valence-electron chi connectivity index (χ3n) is 6.35. The standard InChI is InChI=1S/C31H32Cl3NO7/c1-21(36)40-28-27(39-19-24-15-9-4-10-16-24)26(38-18-23-13-7-3-8-14-23)25(20-37-17-22-11-5-2-6-12-22)41-29(28)42-30(35)31(32,33)34/h2-16,25-29,35H,17-20H2,1H3/t25-,26-,27+,28-,29+/m1/s1. The van der Waals surface area contributed by atoms with E-state index in [1.54, 1.807) is 0 Å². The van der Waals surface area contributed by atoms with Crippen LogP contribution in [0.15, 0.2) is 91.0 Å². The molecular weight excluding hydrogens is 605 g/mol. The third-order valence-corrected chi connectivity index (χ3v) is 6.86. The normalized spacial score (nSPS) is 22.3. The first kappa shape index (κ1) is 32.2. The van der Waals surface area contributed by atoms with Crippen molar-refractivity contribution in [2.75, 3.05) is 6.61 Å². The molecule has 224 valence electrons. The Morgan fingerprint density at radius 3 is 1.69 bits per heavy atom. The predicted octanol–water partition coefficient (Wildman–Crippen LogP) is 6.39. The molecule has 0 saturated carbocycles. The number of hydrogen-bond donors (Lipinski definition) is 1. The molecular formula is C31H32Cl3NO7. The highest BCUT2D eigenvalue weighted by Crippen LogP contribution is 2.34. The van der Waals surface area contributed by atoms with E-state index in [0.29, 0.717) is 6.61 Å². The Bertz CT molecular complexity index is 1260. The monoisotopic (exact) mass is 635 g/mol. The molecule has 4 rings (SSSR count). The molecule has 3 aromatic carbocycles. The van der Waals surface area contributed by atoms with Gasteiger partial charge in [-0.15, -0.1) is 0 Å². The Balaban J connectivity index is 1.64. The van der Waals surface area contributed by atoms with Gasteiger partial charge >= 0.3 is 5.97 Å². The SMILES string of the molecule is CC(=O)O[C@H]1[C@H](OC(=N)C(Cl)(Cl)Cl)O[C@H](COCc2ccccc2)[C@@H](OCc2ccccc2)[C@@H]1OCc1ccccc1. The number of halogens is 3. The zero-order chi connectivity index (χ0) is 30.0. The average Bonchev–Trinajstić information content (AvgIpc) is 2.97. The molecule has 0 spiro atoms. The van der Waals surface area contributed by atoms with Gasteiger partial charge in [0.25, 0.3) is 3.79 Å². The molecule has 42 heavy (non-hydrogen) atoms. The number of alkyl halides is 3. The minimum Gasteiger partial charge on any atom is -0.453 e. The van der Waals surface area contributed by atoms with Crippen molar-refractivity contribution in [3.05, 3.63) is 108 Å². The molecule has 0 amide bonds. The lowest BCUT2D eigenvalue weighted by atomic mass is 9.98. The van der Waals surface area contributed by atoms with Gasteiger partial charge in [-0.2, -0.15) is 0 Å². The number of nitrogens with one attached hydrogen (secondary N) is 1. The van der Waals surface area contributed by atoms with Crippen LogP contribution in [-0.4, -0.2) is 53.0 Å². The summed E-state index contributed by atoms with van der Waals surface area (Å²) < 4.78 is 34.2. The van der Waals surface area contributed by atoms with E-state index in [9.17, 15) is 4.79 Å². The Morgan fingerprint density at radius 1 is 0.738 bits per heavy atom. The lowest BCUT2D eigenvalue weighted by molar-refractivity contribution is -0.305. The molecule has 3 aromatic rings. The number of carbonyl (C=O) groups excluding carboxylic acids is 1. The van der Waals surface area contributed by atoms with Gasteiger partial charge in [0, 0.05) is 6.92 Å². The summed E-state index contributed by atoms with van der Waals surface area (Å²) in [4.78, 5) is 12.3. The second-order valence-corrected chi connectivity index (χ2v) is 11.9. The Kier molecular flexibility index (Phi) is 12.0. The van der Waals surface area contributed by atoms with Crippen LogP contribution in [0.2, 0.25) is 0 Å². The molecule has 0 unspecified atom stereocenters. The van der Waals surface area contributed by atoms with Gasteiger partial charge in [0.05, 0.1) is 26.4 Å². The first-order valence-corrected chi connectivity index (χ1v) is 14.4. The molecule has 1 heterocycles. The summed E-state index contributed by atoms with van der Waals surface area (Å²) in [6.07, 6.45) is -5.01. The van der Waals surface area contributed by atoms with Gasteiger partial charge in [-0.05, 0) is 16.7 Å². The quantitative estimate of drug-likeness (QED) is 0.106. The van der Waals surface area contributed by atoms with Crippen LogP contribution in [0, 0.1) is 5.41 Å². The van der Waals surface area contributed by atoms with Gasteiger partial charge in [-0.3, -0.25) is 10.2 Å². The molecule has 0 aliphatic carbocycles. The van der Waals surface area contributed by atoms with Crippen LogP contribution < -0.4 is 0 Å². The van der Waals surface area contributed by atoms with Gasteiger partial charge < -0.3 is 28.4 Å². The van der Waals surface area contributed by atoms with Gasteiger partial charge in [-0.25, -0.2) is 0 Å². The lowest BCUT2D eigenvalue weighted by Gasteiger charge is -2.45. The molecule has 0 bridgehead atoms. The van der Waals surface area contributed by atoms with Crippen LogP contribution in [0.4, 0.5) is 0 Å². The van der Waals surface area contributed by atoms with Crippen molar-refractivity contribution < 1.29 is 33.2 Å². The summed E-state index contributed by atoms with van der Waals surface area (Å²) in [5, 5.41) is 8.17. The van der Waals surface area contributed by atoms with E-state index in [1.165, 1.54) is 6.92 Å². The van der Waals surface area contributed by atoms with Gasteiger partial charge in [0.15, 0.2) is 6.10 Å². The van der Waals surface area contributed by atoms with E-state index >= 15 is 0 Å². The fraction of sp³-hybridized carbons (Fsp3) is 0.355. The Hall–Kier alpha value is -2.69. The molecule has 1 N–H and O–H groups in total. The van der Waals surface area contributed by atoms with Gasteiger partial charge in [0.2, 0.25) is 12.2 Å². The van der Waals surface area contributed by atoms with E-state index in [0.717, 1.165) is 16.7 Å². The topological polar surface area (TPSA) is 96.3 Å². The summed E-state index contributed by atoms with van der Waals surface area (Å²) in [5.41, 5.74) is 2.77. The fourth-order valence-corrected chi connectivity index (χ4v) is 4.53. The molecule has 5 atom stereocenters. The minimum atomic E-state index is -2.18. The highest BCUT2D eigenvalue weighted by Gasteiger charge is 2.52. The molecule has 1 aliphatic rings. The highest BCUT2D eigenvalue weighted by atomic mass is 35.6. The van der Waals surface area contributed by atoms with E-state index in [4.69, 9.17) is 68.6 Å². The maximum absolute atomic E-state index is 12.3. The van der Waals surface area contributed by atoms with E-state index in [-0.39, 0.29) is 19.8 Å². The number of esters is 1. The van der Waals surface area contributed by atoms with Crippen LogP contribution >= 0.6 is 34.8 Å². The van der Waals surface area contributed by atoms with Crippen molar-refractivity contribution in [3.63, 3.8) is 0 Å². The van der Waals surface area contributed by atoms with Crippen LogP contribution in [0.3, 0.4) is 0 Å². The average molecular weight is 637 g/mol. The number of carbonyl (C=O) groups is 1. The number of rotatable bonds is 12. The molecule has 1 fully saturated rings. The largest absolute Gasteiger partial charge is 0.453 e. The first-order chi connectivity index (χ1) is 20.2. The van der Waals surface area contributed by atoms with E-state index < -0.39 is 46.4 Å². The van der Waals surface area contributed by atoms with Crippen LogP contribution in [0.25, 0.3) is 0 Å². The smallest absolute Gasteiger partial charge is 0.303 e. The summed E-state index contributed by atoms with van der Waals surface area (Å²) in [5.74, 6) is -1.32. The van der Waals surface area contributed by atoms with Crippen molar-refractivity contribution in [1.29, 1.82) is 5.41 Å². The first-order valence-electron chi connectivity index (χ1n) is 13.3. The molecule has 1 aliphatic heterocycles. The zero-order valence-electron chi connectivity index (χ0n) is 22.9. The number of ether oxygens (including phenoxy) is 6. The van der Waals surface area contributed by atoms with Gasteiger partial charge in [-0.1, -0.05) is 126 Å². The summed E-state index contributed by atoms with van der Waals surface area (Å²) in [6, 6.07) is 28.8. The third kappa shape index (κ3) is 9.67. The molecule has 11 heteroatoms. The summed E-state index contributed by atoms with van der Waals surface area (Å²) in [6.45, 7) is 2.01. The van der Waals surface area contributed by atoms with E-state index in [2.05, 4.69) is 0 Å². The molecule has 0 aromatic heterocycles. The predicted molar refractivity (Wildman–Crippen MR) is 159 cm³/mol. The number of benzene rings is 3. The van der Waals surface area contributed by atoms with Crippen molar-refractivity contribution in [1.82, 2.24) is 0 Å². The van der Waals surface area contributed by atoms with Crippen LogP contribution in [0.5, 0.6) is 0 Å². The second-order valence-electron chi connectivity index (χ2n) is 9.58. The van der Waals surface area contributed by atoms with Crippen molar-refractivity contribution in [3.8, 4) is 0 Å². The minimum absolute atomic E-state index is 0.0628. The molecule has 1 saturated heterocycles. The zero-order valence-corrected chi connectivity index (χ0v) is 25.1. The molecule has 8 nitrogen and oxygen atoms in total. The Labute approximate surface area is 260 Å². The lowest BCUT2D eigenvalue weighted by Crippen LogP contribution is -2.62. The highest BCUT2D eigenvalue weighted by molar-refractivity contribution is 6.76. The maximum Gasteiger partial charge on any atom is 0.303 e. The van der Waals surface area contributed by atoms with Crippen molar-refractivity contribution in [2.24, 2.45) is 0 Å². The van der Waals surface area contributed by atoms with Crippen LogP contribution in [0.1, 0.15) is 23.6 Å². The van der Waals surface area contributed by atoms with E-state index in [1.807, 2.05) is 91.0 Å². The van der Waals surface area contributed by atoms with Crippen molar-refractivity contribution >= 4 is 46.7 Å². The van der Waals surface area contributed by atoms with Gasteiger partial charge in [0.1, 0.15) is 18.3 Å². The second kappa shape index (κ2) is 15.7. The summed E-state index contributed by atoms with van der Waals surface area (Å²) in [7, 11) is 0. The van der Waals surface area contributed by atoms with Crippen LogP contribution in [-0.2, 0) is 53.0 Å². The summed E-state index contributed by atoms with van der Waals surface area (Å²) >= 11 is 17.7. The Morgan fingerprint density at radius 2 is 1.21 bits per heavy atom. The maximum atomic E-state index is 12.3. The van der Waals surface area contributed by atoms with Crippen molar-refractivity contribution in [2.45, 2.75) is 61.2 Å². The fourth-order valence-electron chi connectivity index (χ4n) is 4.40. The molecule has 0 radical (unpaired) electrons. The number of hydrogen-bond acceptors (Lipinski definition) is 8.